The molecule has 0 saturated carbocycles. The zero-order valence-corrected chi connectivity index (χ0v) is 45.3. The van der Waals surface area contributed by atoms with Gasteiger partial charge in [-0.1, -0.05) is 139 Å². The van der Waals surface area contributed by atoms with Gasteiger partial charge < -0.3 is 10.2 Å². The monoisotopic (exact) mass is 996 g/mol. The predicted molar refractivity (Wildman–Crippen MR) is 291 cm³/mol. The van der Waals surface area contributed by atoms with Gasteiger partial charge in [-0.3, -0.25) is 0 Å². The minimum Gasteiger partial charge on any atom is -0.508 e. The molecule has 8 heterocycles. The van der Waals surface area contributed by atoms with Gasteiger partial charge >= 0.3 is 0 Å². The van der Waals surface area contributed by atoms with Crippen LogP contribution < -0.4 is 0 Å². The molecule has 10 atom stereocenters. The first-order valence-electron chi connectivity index (χ1n) is 23.8. The summed E-state index contributed by atoms with van der Waals surface area (Å²) in [6, 6.07) is 12.6. The third-order valence-electron chi connectivity index (χ3n) is 13.5. The van der Waals surface area contributed by atoms with Crippen molar-refractivity contribution in [1.82, 2.24) is 0 Å². The first kappa shape index (κ1) is 50.1. The fraction of sp³-hybridized carbons (Fsp3) is 0.760. The lowest BCUT2D eigenvalue weighted by Gasteiger charge is -2.45. The van der Waals surface area contributed by atoms with E-state index in [0.717, 1.165) is 76.5 Å². The fourth-order valence-corrected chi connectivity index (χ4v) is 24.9. The van der Waals surface area contributed by atoms with E-state index >= 15 is 0 Å². The number of thioether (sulfide) groups is 5. The predicted octanol–water partition coefficient (Wildman–Crippen LogP) is 16.8. The van der Waals surface area contributed by atoms with Crippen molar-refractivity contribution in [2.45, 2.75) is 220 Å². The summed E-state index contributed by atoms with van der Waals surface area (Å²) in [5.74, 6) is 3.70. The van der Waals surface area contributed by atoms with Crippen LogP contribution in [0.3, 0.4) is 0 Å². The molecule has 11 heteroatoms. The molecule has 8 saturated heterocycles. The number of unbranched alkanes of at least 4 members (excludes halogenated alkanes) is 8. The lowest BCUT2D eigenvalue weighted by atomic mass is 9.85. The molecule has 10 unspecified atom stereocenters. The van der Waals surface area contributed by atoms with Crippen LogP contribution in [0.15, 0.2) is 36.4 Å². The van der Waals surface area contributed by atoms with Gasteiger partial charge in [0.15, 0.2) is 0 Å². The number of aromatic hydroxyl groups is 2. The number of fused-ring (bicyclic) bond motifs is 7. The zero-order valence-electron chi connectivity index (χ0n) is 37.9. The molecule has 0 aromatic heterocycles. The average molecular weight is 998 g/mol. The molecule has 2 N–H and O–H groups in total. The highest BCUT2D eigenvalue weighted by atomic mass is 33.7. The summed E-state index contributed by atoms with van der Waals surface area (Å²) >= 11 is 11.4. The summed E-state index contributed by atoms with van der Waals surface area (Å²) in [5, 5.41) is 30.3. The van der Waals surface area contributed by atoms with Gasteiger partial charge in [-0.25, -0.2) is 0 Å². The van der Waals surface area contributed by atoms with E-state index in [-0.39, 0.29) is 10.8 Å². The number of hydrogen-bond acceptors (Lipinski definition) is 11. The minimum atomic E-state index is 0.00513. The van der Waals surface area contributed by atoms with Crippen molar-refractivity contribution < 1.29 is 10.2 Å². The summed E-state index contributed by atoms with van der Waals surface area (Å²) in [4.78, 5) is 0. The third kappa shape index (κ3) is 15.9. The van der Waals surface area contributed by atoms with Crippen molar-refractivity contribution in [3.8, 4) is 11.5 Å². The third-order valence-corrected chi connectivity index (χ3v) is 28.9. The second-order valence-corrected chi connectivity index (χ2v) is 34.2. The van der Waals surface area contributed by atoms with Gasteiger partial charge in [-0.15, -0.1) is 0 Å². The van der Waals surface area contributed by atoms with Crippen LogP contribution in [0.2, 0.25) is 0 Å². The molecule has 0 aliphatic carbocycles. The molecule has 2 nitrogen and oxygen atoms in total. The summed E-state index contributed by atoms with van der Waals surface area (Å²) in [7, 11) is 8.29. The van der Waals surface area contributed by atoms with E-state index in [1.165, 1.54) is 125 Å². The van der Waals surface area contributed by atoms with Gasteiger partial charge in [-0.05, 0) is 129 Å². The normalized spacial score (nSPS) is 30.5. The maximum Gasteiger partial charge on any atom is 0.119 e. The summed E-state index contributed by atoms with van der Waals surface area (Å²) in [6.07, 6.45) is 24.5. The summed E-state index contributed by atoms with van der Waals surface area (Å²) < 4.78 is 0. The summed E-state index contributed by atoms with van der Waals surface area (Å²) in [6.45, 7) is 12.9. The molecule has 0 radical (unpaired) electrons. The van der Waals surface area contributed by atoms with Crippen LogP contribution in [0.1, 0.15) is 167 Å². The lowest BCUT2D eigenvalue weighted by molar-refractivity contribution is 0.445. The van der Waals surface area contributed by atoms with Gasteiger partial charge in [0, 0.05) is 64.0 Å². The molecule has 4 bridgehead atoms. The topological polar surface area (TPSA) is 40.5 Å². The summed E-state index contributed by atoms with van der Waals surface area (Å²) in [5.41, 5.74) is 4.68. The molecule has 61 heavy (non-hydrogen) atoms. The molecule has 8 fully saturated rings. The smallest absolute Gasteiger partial charge is 0.119 e. The lowest BCUT2D eigenvalue weighted by Crippen LogP contribution is -2.42. The van der Waals surface area contributed by atoms with Crippen LogP contribution in [-0.4, -0.2) is 74.2 Å². The van der Waals surface area contributed by atoms with Crippen LogP contribution >= 0.6 is 100 Å². The Hall–Kier alpha value is 1.19. The van der Waals surface area contributed by atoms with Crippen molar-refractivity contribution in [2.75, 3.05) is 11.5 Å². The van der Waals surface area contributed by atoms with E-state index < -0.39 is 0 Å². The minimum absolute atomic E-state index is 0.00513. The number of benzene rings is 2. The Morgan fingerprint density at radius 1 is 0.508 bits per heavy atom. The van der Waals surface area contributed by atoms with E-state index in [9.17, 15) is 10.2 Å². The molecule has 0 spiro atoms. The highest BCUT2D eigenvalue weighted by Crippen LogP contribution is 2.59. The Bertz CT molecular complexity index is 1650. The molecule has 2 aromatic carbocycles. The van der Waals surface area contributed by atoms with Gasteiger partial charge in [0.05, 0.1) is 0 Å². The Labute approximate surface area is 408 Å². The molecular formula is C50H76O2S9. The number of phenols is 2. The van der Waals surface area contributed by atoms with Gasteiger partial charge in [0.2, 0.25) is 0 Å². The van der Waals surface area contributed by atoms with E-state index in [4.69, 9.17) is 0 Å². The molecule has 10 rings (SSSR count). The Kier molecular flexibility index (Phi) is 19.7. The number of aryl methyl sites for hydroxylation is 2. The zero-order chi connectivity index (χ0) is 43.0. The van der Waals surface area contributed by atoms with Crippen molar-refractivity contribution >= 4 is 100 Å². The standard InChI is InChI=1S/C25H38OS6.C25H38OS3/c1-25(2,3)19-12-11-17(13-20(19)26)9-7-5-4-6-8-10-21-23(29-21)15-24-22-14-18(28-22)16-27-31-32-30-24;1-25(2,3)19-12-11-17(13-20(19)26)9-7-5-4-6-8-10-21-24(29-21)15-22-23-14-18(28-23)16-27-22/h11-13,18,21-24,26H,4-10,14-16H2,1-3H3;11-13,18,21-24,26H,4-10,14-16H2,1-3H3. The molecule has 8 aliphatic rings. The Balaban J connectivity index is 0.000000185. The molecule has 0 amide bonds. The molecule has 8 aliphatic heterocycles. The van der Waals surface area contributed by atoms with Crippen molar-refractivity contribution in [3.63, 3.8) is 0 Å². The van der Waals surface area contributed by atoms with Gasteiger partial charge in [0.25, 0.3) is 0 Å². The number of rotatable bonds is 20. The average Bonchev–Trinajstić information content (AvgIpc) is 4.09. The number of hydrogen-bond donors (Lipinski definition) is 2. The van der Waals surface area contributed by atoms with Crippen LogP contribution in [-0.2, 0) is 23.7 Å². The fourth-order valence-electron chi connectivity index (χ4n) is 9.57. The highest BCUT2D eigenvalue weighted by molar-refractivity contribution is 9.26. The molecule has 342 valence electrons. The van der Waals surface area contributed by atoms with Crippen LogP contribution in [0, 0.1) is 0 Å². The van der Waals surface area contributed by atoms with Crippen molar-refractivity contribution in [3.05, 3.63) is 58.7 Å². The second-order valence-electron chi connectivity index (χ2n) is 20.7. The quantitative estimate of drug-likeness (QED) is 0.0757. The van der Waals surface area contributed by atoms with Crippen LogP contribution in [0.25, 0.3) is 0 Å². The second kappa shape index (κ2) is 24.0. The first-order chi connectivity index (χ1) is 29.3. The van der Waals surface area contributed by atoms with E-state index in [1.807, 2.05) is 31.8 Å². The maximum absolute atomic E-state index is 10.3. The van der Waals surface area contributed by atoms with Gasteiger partial charge in [0.1, 0.15) is 11.5 Å². The van der Waals surface area contributed by atoms with E-state index in [1.54, 1.807) is 0 Å². The largest absolute Gasteiger partial charge is 0.508 e. The Morgan fingerprint density at radius 2 is 0.967 bits per heavy atom. The van der Waals surface area contributed by atoms with E-state index in [0.29, 0.717) is 11.5 Å². The van der Waals surface area contributed by atoms with Gasteiger partial charge in [-0.2, -0.15) is 58.8 Å². The maximum atomic E-state index is 10.3. The molecular weight excluding hydrogens is 921 g/mol. The van der Waals surface area contributed by atoms with Crippen LogP contribution in [0.4, 0.5) is 0 Å². The number of phenolic OH excluding ortho intramolecular Hbond substituents is 2. The van der Waals surface area contributed by atoms with Crippen molar-refractivity contribution in [1.29, 1.82) is 0 Å². The highest BCUT2D eigenvalue weighted by Gasteiger charge is 2.47. The Morgan fingerprint density at radius 3 is 1.44 bits per heavy atom. The SMILES string of the molecule is CC(C)(C)c1ccc(CCCCCCCC2SC2CC2SCC3CC2S3)cc1O.CC(C)(C)c1ccc(CCCCCCCC2SC2CC2SSSSCC3CC2S3)cc1O. The van der Waals surface area contributed by atoms with Crippen LogP contribution in [0.5, 0.6) is 11.5 Å². The molecule has 2 aromatic rings. The van der Waals surface area contributed by atoms with Crippen molar-refractivity contribution in [2.24, 2.45) is 0 Å². The van der Waals surface area contributed by atoms with E-state index in [2.05, 4.69) is 146 Å². The first-order valence-corrected chi connectivity index (χ1v) is 33.7.